The van der Waals surface area contributed by atoms with E-state index in [9.17, 15) is 10.2 Å². The van der Waals surface area contributed by atoms with Gasteiger partial charge in [-0.3, -0.25) is 4.90 Å². The van der Waals surface area contributed by atoms with Crippen LogP contribution in [0.15, 0.2) is 12.1 Å². The Bertz CT molecular complexity index is 1130. The molecule has 170 valence electrons. The lowest BCUT2D eigenvalue weighted by Gasteiger charge is -2.62. The Morgan fingerprint density at radius 3 is 2.84 bits per heavy atom. The van der Waals surface area contributed by atoms with Crippen LogP contribution >= 0.6 is 0 Å². The number of H-pyrrole nitrogens is 1. The first-order chi connectivity index (χ1) is 15.3. The first kappa shape index (κ1) is 19.5. The highest BCUT2D eigenvalue weighted by Crippen LogP contribution is 2.68. The van der Waals surface area contributed by atoms with E-state index in [2.05, 4.69) is 36.7 Å². The van der Waals surface area contributed by atoms with E-state index in [0.29, 0.717) is 18.1 Å². The molecular weight excluding hydrogens is 400 g/mol. The highest BCUT2D eigenvalue weighted by atomic mass is 16.5. The number of aliphatic hydroxyl groups is 1. The van der Waals surface area contributed by atoms with Crippen molar-refractivity contribution in [3.8, 4) is 11.5 Å². The fraction of sp³-hybridized carbons (Fsp3) is 0.630. The van der Waals surface area contributed by atoms with Crippen molar-refractivity contribution in [2.75, 3.05) is 13.1 Å². The lowest BCUT2D eigenvalue weighted by atomic mass is 9.49. The van der Waals surface area contributed by atoms with Gasteiger partial charge in [-0.25, -0.2) is 0 Å². The summed E-state index contributed by atoms with van der Waals surface area (Å²) in [7, 11) is 0. The number of phenolic OH excluding ortho intramolecular Hbond substituents is 1. The molecular formula is C27H34N2O3. The van der Waals surface area contributed by atoms with Gasteiger partial charge in [0.2, 0.25) is 0 Å². The topological polar surface area (TPSA) is 68.7 Å². The molecule has 1 saturated heterocycles. The molecule has 0 unspecified atom stereocenters. The van der Waals surface area contributed by atoms with Crippen molar-refractivity contribution in [1.29, 1.82) is 0 Å². The minimum atomic E-state index is -0.883. The van der Waals surface area contributed by atoms with Crippen molar-refractivity contribution in [2.24, 2.45) is 11.8 Å². The molecule has 2 aromatic rings. The van der Waals surface area contributed by atoms with Crippen LogP contribution in [0.2, 0.25) is 0 Å². The van der Waals surface area contributed by atoms with Crippen molar-refractivity contribution in [1.82, 2.24) is 9.88 Å². The lowest BCUT2D eigenvalue weighted by Crippen LogP contribution is -2.74. The first-order valence-corrected chi connectivity index (χ1v) is 12.5. The van der Waals surface area contributed by atoms with Gasteiger partial charge in [-0.2, -0.15) is 0 Å². The Hall–Kier alpha value is -1.98. The Kier molecular flexibility index (Phi) is 3.73. The predicted octanol–water partition coefficient (Wildman–Crippen LogP) is 3.93. The number of nitrogens with one attached hydrogen (secondary N) is 1. The zero-order valence-corrected chi connectivity index (χ0v) is 19.4. The molecule has 1 aromatic heterocycles. The number of nitrogens with zero attached hydrogens (tertiary/aromatic N) is 1. The van der Waals surface area contributed by atoms with Crippen LogP contribution in [-0.4, -0.2) is 44.8 Å². The van der Waals surface area contributed by atoms with Crippen molar-refractivity contribution in [3.05, 3.63) is 45.8 Å². The van der Waals surface area contributed by atoms with Gasteiger partial charge < -0.3 is 19.9 Å². The highest BCUT2D eigenvalue weighted by Gasteiger charge is 2.72. The molecule has 1 saturated carbocycles. The Morgan fingerprint density at radius 2 is 2.09 bits per heavy atom. The molecule has 5 nitrogen and oxygen atoms in total. The third-order valence-corrected chi connectivity index (χ3v) is 9.35. The minimum Gasteiger partial charge on any atom is -0.504 e. The van der Waals surface area contributed by atoms with Crippen molar-refractivity contribution in [2.45, 2.75) is 82.5 Å². The fourth-order valence-electron chi connectivity index (χ4n) is 7.72. The van der Waals surface area contributed by atoms with Gasteiger partial charge in [-0.05, 0) is 80.2 Å². The van der Waals surface area contributed by atoms with E-state index in [0.717, 1.165) is 49.5 Å². The maximum atomic E-state index is 12.8. The van der Waals surface area contributed by atoms with E-state index in [4.69, 9.17) is 4.74 Å². The molecule has 0 radical (unpaired) electrons. The Morgan fingerprint density at radius 1 is 1.28 bits per heavy atom. The normalized spacial score (nSPS) is 34.4. The van der Waals surface area contributed by atoms with Crippen LogP contribution in [0.3, 0.4) is 0 Å². The summed E-state index contributed by atoms with van der Waals surface area (Å²) in [5.41, 5.74) is 5.93. The molecule has 3 N–H and O–H groups in total. The standard InChI is InChI=1S/C27H34N2O3/c1-14(2)10-19-15(3)18-12-27(31)21-11-17-6-7-20(30)24-22(17)26(27,25(32-24)23(18)28-19)8-9-29(21)13-16-4-5-16/h6-7,14,16,21,25,28,30-31H,4-5,8-13H2,1-3H3/t21-,25-,26-,27+/m0/s1. The van der Waals surface area contributed by atoms with Crippen LogP contribution in [0, 0.1) is 18.8 Å². The second-order valence-corrected chi connectivity index (χ2v) is 11.6. The van der Waals surface area contributed by atoms with E-state index >= 15 is 0 Å². The summed E-state index contributed by atoms with van der Waals surface area (Å²) in [6, 6.07) is 3.97. The van der Waals surface area contributed by atoms with E-state index in [1.54, 1.807) is 6.07 Å². The molecule has 0 amide bonds. The smallest absolute Gasteiger partial charge is 0.166 e. The number of rotatable bonds is 4. The van der Waals surface area contributed by atoms with Gasteiger partial charge in [0.1, 0.15) is 0 Å². The molecule has 7 rings (SSSR count). The zero-order chi connectivity index (χ0) is 22.0. The van der Waals surface area contributed by atoms with Crippen LogP contribution in [-0.2, 0) is 24.7 Å². The molecule has 2 fully saturated rings. The van der Waals surface area contributed by atoms with Gasteiger partial charge in [-0.15, -0.1) is 0 Å². The largest absolute Gasteiger partial charge is 0.504 e. The second-order valence-electron chi connectivity index (χ2n) is 11.6. The molecule has 2 aliphatic heterocycles. The number of aromatic hydroxyl groups is 1. The molecule has 32 heavy (non-hydrogen) atoms. The van der Waals surface area contributed by atoms with Crippen molar-refractivity contribution in [3.63, 3.8) is 0 Å². The van der Waals surface area contributed by atoms with Gasteiger partial charge in [0, 0.05) is 30.3 Å². The molecule has 1 aromatic carbocycles. The van der Waals surface area contributed by atoms with Gasteiger partial charge in [-0.1, -0.05) is 19.9 Å². The van der Waals surface area contributed by atoms with Crippen LogP contribution in [0.1, 0.15) is 72.9 Å². The van der Waals surface area contributed by atoms with Gasteiger partial charge in [0.25, 0.3) is 0 Å². The summed E-state index contributed by atoms with van der Waals surface area (Å²) in [6.07, 6.45) is 5.77. The van der Waals surface area contributed by atoms with Gasteiger partial charge in [0.15, 0.2) is 17.6 Å². The van der Waals surface area contributed by atoms with Crippen LogP contribution < -0.4 is 4.74 Å². The van der Waals surface area contributed by atoms with E-state index < -0.39 is 11.0 Å². The van der Waals surface area contributed by atoms with E-state index in [-0.39, 0.29) is 17.9 Å². The number of hydrogen-bond donors (Lipinski definition) is 3. The molecule has 2 bridgehead atoms. The van der Waals surface area contributed by atoms with E-state index in [1.165, 1.54) is 35.2 Å². The summed E-state index contributed by atoms with van der Waals surface area (Å²) >= 11 is 0. The summed E-state index contributed by atoms with van der Waals surface area (Å²) in [5, 5.41) is 23.5. The second kappa shape index (κ2) is 6.12. The molecule has 4 atom stereocenters. The summed E-state index contributed by atoms with van der Waals surface area (Å²) in [6.45, 7) is 8.80. The number of phenols is 1. The number of benzene rings is 1. The van der Waals surface area contributed by atoms with Crippen molar-refractivity contribution < 1.29 is 14.9 Å². The summed E-state index contributed by atoms with van der Waals surface area (Å²) < 4.78 is 6.64. The molecule has 1 spiro atoms. The quantitative estimate of drug-likeness (QED) is 0.682. The maximum absolute atomic E-state index is 12.8. The Labute approximate surface area is 189 Å². The average molecular weight is 435 g/mol. The number of piperidine rings is 1. The van der Waals surface area contributed by atoms with Crippen LogP contribution in [0.25, 0.3) is 0 Å². The third-order valence-electron chi connectivity index (χ3n) is 9.35. The van der Waals surface area contributed by atoms with Gasteiger partial charge >= 0.3 is 0 Å². The van der Waals surface area contributed by atoms with Crippen LogP contribution in [0.5, 0.6) is 11.5 Å². The SMILES string of the molecule is Cc1c(CC(C)C)[nH]c2c1C[C@@]1(O)[C@@H]3Cc4ccc(O)c5c4[C@@]1(CCN3CC1CC1)[C@H]2O5. The number of aromatic amines is 1. The number of fused-ring (bicyclic) bond motifs is 2. The maximum Gasteiger partial charge on any atom is 0.166 e. The summed E-state index contributed by atoms with van der Waals surface area (Å²) in [5.74, 6) is 2.18. The molecule has 5 aliphatic rings. The molecule has 3 heterocycles. The number of aromatic nitrogens is 1. The number of hydrogen-bond acceptors (Lipinski definition) is 4. The molecule has 3 aliphatic carbocycles. The fourth-order valence-corrected chi connectivity index (χ4v) is 7.72. The monoisotopic (exact) mass is 434 g/mol. The highest BCUT2D eigenvalue weighted by molar-refractivity contribution is 5.65. The lowest BCUT2D eigenvalue weighted by molar-refractivity contribution is -0.173. The van der Waals surface area contributed by atoms with Gasteiger partial charge in [0.05, 0.1) is 16.7 Å². The predicted molar refractivity (Wildman–Crippen MR) is 122 cm³/mol. The first-order valence-electron chi connectivity index (χ1n) is 12.5. The number of likely N-dealkylation sites (tertiary alicyclic amines) is 1. The zero-order valence-electron chi connectivity index (χ0n) is 19.4. The summed E-state index contributed by atoms with van der Waals surface area (Å²) in [4.78, 5) is 6.35. The van der Waals surface area contributed by atoms with Crippen LogP contribution in [0.4, 0.5) is 0 Å². The molecule has 5 heteroatoms. The Balaban J connectivity index is 1.46. The third kappa shape index (κ3) is 2.22. The average Bonchev–Trinajstić information content (AvgIpc) is 3.41. The number of ether oxygens (including phenoxy) is 1. The van der Waals surface area contributed by atoms with E-state index in [1.807, 2.05) is 0 Å². The van der Waals surface area contributed by atoms with Crippen molar-refractivity contribution >= 4 is 0 Å². The minimum absolute atomic E-state index is 0.0990.